The second-order valence-electron chi connectivity index (χ2n) is 5.73. The van der Waals surface area contributed by atoms with Crippen molar-refractivity contribution >= 4 is 0 Å². The van der Waals surface area contributed by atoms with Crippen molar-refractivity contribution in [2.45, 2.75) is 52.0 Å². The Morgan fingerprint density at radius 1 is 1.32 bits per heavy atom. The molecule has 1 aliphatic carbocycles. The Morgan fingerprint density at radius 3 is 2.68 bits per heavy atom. The third-order valence-electron chi connectivity index (χ3n) is 4.31. The molecule has 106 valence electrons. The van der Waals surface area contributed by atoms with Gasteiger partial charge in [-0.3, -0.25) is 0 Å². The summed E-state index contributed by atoms with van der Waals surface area (Å²) in [4.78, 5) is 0. The minimum atomic E-state index is 0.600. The smallest absolute Gasteiger partial charge is 0.122 e. The lowest BCUT2D eigenvalue weighted by Crippen LogP contribution is -2.37. The standard InChI is InChI=1S/C17H27NO/c1-4-18-16(14-7-5-6-8-14)12-15-11-13(2)9-10-17(15)19-3/h9-11,14,16,18H,4-8,12H2,1-3H3. The van der Waals surface area contributed by atoms with Crippen molar-refractivity contribution in [2.75, 3.05) is 13.7 Å². The number of hydrogen-bond acceptors (Lipinski definition) is 2. The molecule has 2 rings (SSSR count). The lowest BCUT2D eigenvalue weighted by Gasteiger charge is -2.25. The zero-order valence-corrected chi connectivity index (χ0v) is 12.5. The molecule has 0 spiro atoms. The lowest BCUT2D eigenvalue weighted by molar-refractivity contribution is 0.353. The number of benzene rings is 1. The number of likely N-dealkylation sites (N-methyl/N-ethyl adjacent to an activating group) is 1. The van der Waals surface area contributed by atoms with Gasteiger partial charge in [-0.25, -0.2) is 0 Å². The van der Waals surface area contributed by atoms with Gasteiger partial charge >= 0.3 is 0 Å². The van der Waals surface area contributed by atoms with Crippen molar-refractivity contribution in [1.29, 1.82) is 0 Å². The molecule has 1 aromatic carbocycles. The van der Waals surface area contributed by atoms with Gasteiger partial charge in [0.1, 0.15) is 5.75 Å². The first-order chi connectivity index (χ1) is 9.24. The molecule has 2 nitrogen and oxygen atoms in total. The Balaban J connectivity index is 2.13. The van der Waals surface area contributed by atoms with Crippen molar-refractivity contribution in [1.82, 2.24) is 5.32 Å². The molecular weight excluding hydrogens is 234 g/mol. The summed E-state index contributed by atoms with van der Waals surface area (Å²) in [5.74, 6) is 1.87. The van der Waals surface area contributed by atoms with Crippen LogP contribution in [0.5, 0.6) is 5.75 Å². The van der Waals surface area contributed by atoms with E-state index >= 15 is 0 Å². The molecule has 0 amide bonds. The maximum atomic E-state index is 5.51. The van der Waals surface area contributed by atoms with Gasteiger partial charge in [-0.2, -0.15) is 0 Å². The summed E-state index contributed by atoms with van der Waals surface area (Å²) >= 11 is 0. The second kappa shape index (κ2) is 6.95. The van der Waals surface area contributed by atoms with Gasteiger partial charge in [0.2, 0.25) is 0 Å². The van der Waals surface area contributed by atoms with Gasteiger partial charge in [0.15, 0.2) is 0 Å². The molecule has 1 N–H and O–H groups in total. The predicted molar refractivity (Wildman–Crippen MR) is 80.9 cm³/mol. The van der Waals surface area contributed by atoms with Crippen molar-refractivity contribution in [2.24, 2.45) is 5.92 Å². The van der Waals surface area contributed by atoms with Crippen LogP contribution in [0.4, 0.5) is 0 Å². The minimum absolute atomic E-state index is 0.600. The molecule has 1 atom stereocenters. The molecule has 0 aliphatic heterocycles. The number of ether oxygens (including phenoxy) is 1. The van der Waals surface area contributed by atoms with Gasteiger partial charge in [-0.05, 0) is 50.3 Å². The molecular formula is C17H27NO. The van der Waals surface area contributed by atoms with Crippen molar-refractivity contribution in [3.8, 4) is 5.75 Å². The Kier molecular flexibility index (Phi) is 5.26. The third-order valence-corrected chi connectivity index (χ3v) is 4.31. The van der Waals surface area contributed by atoms with Crippen LogP contribution in [0, 0.1) is 12.8 Å². The molecule has 1 fully saturated rings. The molecule has 0 heterocycles. The molecule has 1 aliphatic rings. The Hall–Kier alpha value is -1.02. The van der Waals surface area contributed by atoms with Gasteiger partial charge < -0.3 is 10.1 Å². The highest BCUT2D eigenvalue weighted by Crippen LogP contribution is 2.31. The summed E-state index contributed by atoms with van der Waals surface area (Å²) in [5, 5.41) is 3.69. The average Bonchev–Trinajstić information content (AvgIpc) is 2.92. The van der Waals surface area contributed by atoms with E-state index in [4.69, 9.17) is 4.74 Å². The largest absolute Gasteiger partial charge is 0.496 e. The molecule has 1 aromatic rings. The fourth-order valence-electron chi connectivity index (χ4n) is 3.33. The van der Waals surface area contributed by atoms with E-state index in [1.54, 1.807) is 7.11 Å². The summed E-state index contributed by atoms with van der Waals surface area (Å²) < 4.78 is 5.51. The van der Waals surface area contributed by atoms with Crippen LogP contribution in [0.25, 0.3) is 0 Å². The molecule has 0 bridgehead atoms. The van der Waals surface area contributed by atoms with Gasteiger partial charge in [-0.1, -0.05) is 37.5 Å². The molecule has 1 unspecified atom stereocenters. The van der Waals surface area contributed by atoms with E-state index < -0.39 is 0 Å². The van der Waals surface area contributed by atoms with Crippen LogP contribution in [0.3, 0.4) is 0 Å². The lowest BCUT2D eigenvalue weighted by atomic mass is 9.91. The Morgan fingerprint density at radius 2 is 2.05 bits per heavy atom. The van der Waals surface area contributed by atoms with Gasteiger partial charge in [0.05, 0.1) is 7.11 Å². The highest BCUT2D eigenvalue weighted by atomic mass is 16.5. The predicted octanol–water partition coefficient (Wildman–Crippen LogP) is 3.71. The third kappa shape index (κ3) is 3.73. The van der Waals surface area contributed by atoms with E-state index in [0.29, 0.717) is 6.04 Å². The number of hydrogen-bond donors (Lipinski definition) is 1. The fourth-order valence-corrected chi connectivity index (χ4v) is 3.33. The van der Waals surface area contributed by atoms with E-state index in [1.165, 1.54) is 36.8 Å². The normalized spacial score (nSPS) is 17.6. The quantitative estimate of drug-likeness (QED) is 0.843. The van der Waals surface area contributed by atoms with E-state index in [2.05, 4.69) is 37.4 Å². The molecule has 1 saturated carbocycles. The summed E-state index contributed by atoms with van der Waals surface area (Å²) in [6.45, 7) is 5.41. The number of aryl methyl sites for hydroxylation is 1. The molecule has 0 aromatic heterocycles. The summed E-state index contributed by atoms with van der Waals surface area (Å²) in [6.07, 6.45) is 6.65. The Labute approximate surface area is 117 Å². The SMILES string of the molecule is CCNC(Cc1cc(C)ccc1OC)C1CCCC1. The molecule has 0 saturated heterocycles. The van der Waals surface area contributed by atoms with Crippen LogP contribution in [-0.4, -0.2) is 19.7 Å². The number of methoxy groups -OCH3 is 1. The number of rotatable bonds is 6. The van der Waals surface area contributed by atoms with Crippen molar-refractivity contribution in [3.63, 3.8) is 0 Å². The molecule has 2 heteroatoms. The maximum Gasteiger partial charge on any atom is 0.122 e. The van der Waals surface area contributed by atoms with Crippen LogP contribution in [-0.2, 0) is 6.42 Å². The van der Waals surface area contributed by atoms with E-state index in [1.807, 2.05) is 0 Å². The maximum absolute atomic E-state index is 5.51. The second-order valence-corrected chi connectivity index (χ2v) is 5.73. The van der Waals surface area contributed by atoms with Crippen LogP contribution in [0.2, 0.25) is 0 Å². The summed E-state index contributed by atoms with van der Waals surface area (Å²) in [6, 6.07) is 7.10. The van der Waals surface area contributed by atoms with Crippen LogP contribution >= 0.6 is 0 Å². The van der Waals surface area contributed by atoms with E-state index in [9.17, 15) is 0 Å². The zero-order chi connectivity index (χ0) is 13.7. The zero-order valence-electron chi connectivity index (χ0n) is 12.5. The molecule has 19 heavy (non-hydrogen) atoms. The van der Waals surface area contributed by atoms with Crippen LogP contribution in [0.1, 0.15) is 43.7 Å². The van der Waals surface area contributed by atoms with Crippen molar-refractivity contribution in [3.05, 3.63) is 29.3 Å². The first-order valence-electron chi connectivity index (χ1n) is 7.61. The van der Waals surface area contributed by atoms with Gasteiger partial charge in [-0.15, -0.1) is 0 Å². The molecule has 0 radical (unpaired) electrons. The van der Waals surface area contributed by atoms with E-state index in [-0.39, 0.29) is 0 Å². The fraction of sp³-hybridized carbons (Fsp3) is 0.647. The van der Waals surface area contributed by atoms with Crippen LogP contribution < -0.4 is 10.1 Å². The first kappa shape index (κ1) is 14.4. The Bertz CT molecular complexity index is 396. The van der Waals surface area contributed by atoms with Crippen molar-refractivity contribution < 1.29 is 4.74 Å². The first-order valence-corrected chi connectivity index (χ1v) is 7.61. The average molecular weight is 261 g/mol. The van der Waals surface area contributed by atoms with E-state index in [0.717, 1.165) is 24.6 Å². The summed E-state index contributed by atoms with van der Waals surface area (Å²) in [5.41, 5.74) is 2.66. The highest BCUT2D eigenvalue weighted by Gasteiger charge is 2.25. The topological polar surface area (TPSA) is 21.3 Å². The summed E-state index contributed by atoms with van der Waals surface area (Å²) in [7, 11) is 1.77. The monoisotopic (exact) mass is 261 g/mol. The van der Waals surface area contributed by atoms with Gasteiger partial charge in [0.25, 0.3) is 0 Å². The highest BCUT2D eigenvalue weighted by molar-refractivity contribution is 5.37. The van der Waals surface area contributed by atoms with Gasteiger partial charge in [0, 0.05) is 6.04 Å². The van der Waals surface area contributed by atoms with Crippen LogP contribution in [0.15, 0.2) is 18.2 Å². The number of nitrogens with one attached hydrogen (secondary N) is 1. The minimum Gasteiger partial charge on any atom is -0.496 e.